The summed E-state index contributed by atoms with van der Waals surface area (Å²) >= 11 is 0. The number of carbonyl (C=O) groups excluding carboxylic acids is 2. The minimum atomic E-state index is -1.17. The van der Waals surface area contributed by atoms with Gasteiger partial charge in [-0.25, -0.2) is 4.79 Å². The molecule has 7 heteroatoms. The first-order chi connectivity index (χ1) is 15.6. The zero-order valence-corrected chi connectivity index (χ0v) is 17.1. The van der Waals surface area contributed by atoms with Gasteiger partial charge in [0.2, 0.25) is 0 Å². The molecule has 1 atom stereocenters. The highest BCUT2D eigenvalue weighted by Gasteiger charge is 2.42. The van der Waals surface area contributed by atoms with Crippen molar-refractivity contribution in [3.8, 4) is 5.75 Å². The first kappa shape index (κ1) is 21.3. The van der Waals surface area contributed by atoms with E-state index in [9.17, 15) is 14.4 Å². The number of hydrogen-bond donors (Lipinski definition) is 1. The average molecular weight is 431 g/mol. The Morgan fingerprint density at radius 2 is 1.56 bits per heavy atom. The lowest BCUT2D eigenvalue weighted by molar-refractivity contribution is -0.139. The van der Waals surface area contributed by atoms with Gasteiger partial charge in [0.15, 0.2) is 6.61 Å². The Bertz CT molecular complexity index is 1130. The van der Waals surface area contributed by atoms with Crippen LogP contribution in [0.5, 0.6) is 5.75 Å². The molecular formula is C25H21NO6. The molecule has 0 unspecified atom stereocenters. The lowest BCUT2D eigenvalue weighted by atomic mass is 10.1. The number of fused-ring (bicyclic) bond motifs is 1. The first-order valence-electron chi connectivity index (χ1n) is 10.1. The van der Waals surface area contributed by atoms with Crippen LogP contribution in [0.2, 0.25) is 0 Å². The Morgan fingerprint density at radius 1 is 0.875 bits per heavy atom. The Kier molecular flexibility index (Phi) is 6.28. The van der Waals surface area contributed by atoms with E-state index < -0.39 is 30.4 Å². The van der Waals surface area contributed by atoms with Gasteiger partial charge in [0.05, 0.1) is 30.4 Å². The Balaban J connectivity index is 1.62. The van der Waals surface area contributed by atoms with Crippen molar-refractivity contribution in [1.82, 2.24) is 4.90 Å². The normalized spacial score (nSPS) is 13.7. The van der Waals surface area contributed by atoms with Gasteiger partial charge in [0, 0.05) is 0 Å². The average Bonchev–Trinajstić information content (AvgIpc) is 3.07. The highest BCUT2D eigenvalue weighted by Crippen LogP contribution is 2.36. The second kappa shape index (κ2) is 9.45. The molecule has 1 aliphatic heterocycles. The second-order valence-corrected chi connectivity index (χ2v) is 7.27. The molecular weight excluding hydrogens is 410 g/mol. The number of aliphatic carboxylic acids is 1. The zero-order valence-electron chi connectivity index (χ0n) is 17.1. The number of carboxylic acids is 1. The van der Waals surface area contributed by atoms with Crippen LogP contribution in [0.15, 0.2) is 78.9 Å². The molecule has 3 aromatic carbocycles. The van der Waals surface area contributed by atoms with Crippen molar-refractivity contribution >= 4 is 17.8 Å². The molecule has 7 nitrogen and oxygen atoms in total. The zero-order chi connectivity index (χ0) is 22.5. The topological polar surface area (TPSA) is 93.1 Å². The van der Waals surface area contributed by atoms with E-state index >= 15 is 0 Å². The molecule has 1 heterocycles. The molecule has 1 N–H and O–H groups in total. The van der Waals surface area contributed by atoms with Crippen LogP contribution in [0.4, 0.5) is 0 Å². The molecule has 0 bridgehead atoms. The number of imide groups is 1. The Labute approximate surface area is 184 Å². The minimum absolute atomic E-state index is 0.0720. The van der Waals surface area contributed by atoms with Crippen LogP contribution in [0.3, 0.4) is 0 Å². The van der Waals surface area contributed by atoms with Crippen LogP contribution in [-0.2, 0) is 16.1 Å². The monoisotopic (exact) mass is 431 g/mol. The van der Waals surface area contributed by atoms with Gasteiger partial charge in [0.1, 0.15) is 5.75 Å². The summed E-state index contributed by atoms with van der Waals surface area (Å²) < 4.78 is 11.2. The smallest absolute Gasteiger partial charge is 0.341 e. The third-order valence-corrected chi connectivity index (χ3v) is 5.14. The number of rotatable bonds is 9. The molecule has 4 rings (SSSR count). The number of hydrogen-bond acceptors (Lipinski definition) is 5. The molecule has 0 fully saturated rings. The maximum absolute atomic E-state index is 13.3. The summed E-state index contributed by atoms with van der Waals surface area (Å²) in [6.07, 6.45) is 0. The quantitative estimate of drug-likeness (QED) is 0.519. The lowest BCUT2D eigenvalue weighted by Crippen LogP contribution is -2.36. The largest absolute Gasteiger partial charge is 0.481 e. The van der Waals surface area contributed by atoms with E-state index in [1.54, 1.807) is 6.07 Å². The molecule has 0 aromatic heterocycles. The van der Waals surface area contributed by atoms with Crippen LogP contribution in [0.1, 0.15) is 37.9 Å². The van der Waals surface area contributed by atoms with Gasteiger partial charge >= 0.3 is 5.97 Å². The predicted octanol–water partition coefficient (Wildman–Crippen LogP) is 3.70. The SMILES string of the molecule is O=C(O)COc1cccc2c1C(=O)N([C@H](COCc1ccccc1)c1ccccc1)C2=O. The molecule has 0 radical (unpaired) electrons. The summed E-state index contributed by atoms with van der Waals surface area (Å²) in [5.41, 5.74) is 1.98. The number of benzene rings is 3. The van der Waals surface area contributed by atoms with Gasteiger partial charge in [-0.1, -0.05) is 66.7 Å². The van der Waals surface area contributed by atoms with Crippen molar-refractivity contribution in [3.05, 3.63) is 101 Å². The summed E-state index contributed by atoms with van der Waals surface area (Å²) in [6, 6.07) is 22.7. The number of amides is 2. The highest BCUT2D eigenvalue weighted by atomic mass is 16.5. The minimum Gasteiger partial charge on any atom is -0.481 e. The Hall–Kier alpha value is -3.97. The fourth-order valence-corrected chi connectivity index (χ4v) is 3.67. The third kappa shape index (κ3) is 4.38. The van der Waals surface area contributed by atoms with E-state index in [4.69, 9.17) is 14.6 Å². The van der Waals surface area contributed by atoms with Crippen LogP contribution >= 0.6 is 0 Å². The van der Waals surface area contributed by atoms with E-state index in [2.05, 4.69) is 0 Å². The maximum atomic E-state index is 13.3. The fourth-order valence-electron chi connectivity index (χ4n) is 3.67. The lowest BCUT2D eigenvalue weighted by Gasteiger charge is -2.26. The maximum Gasteiger partial charge on any atom is 0.341 e. The molecule has 0 aliphatic carbocycles. The van der Waals surface area contributed by atoms with Gasteiger partial charge in [-0.05, 0) is 23.3 Å². The Morgan fingerprint density at radius 3 is 2.25 bits per heavy atom. The van der Waals surface area contributed by atoms with Gasteiger partial charge in [-0.3, -0.25) is 14.5 Å². The summed E-state index contributed by atoms with van der Waals surface area (Å²) in [5, 5.41) is 8.92. The number of carboxylic acid groups (broad SMARTS) is 1. The first-order valence-corrected chi connectivity index (χ1v) is 10.1. The molecule has 0 saturated heterocycles. The standard InChI is InChI=1S/C25H21NO6/c27-22(28)16-32-21-13-7-12-19-23(21)25(30)26(24(19)29)20(18-10-5-2-6-11-18)15-31-14-17-8-3-1-4-9-17/h1-13,20H,14-16H2,(H,27,28)/t20-/m1/s1. The van der Waals surface area contributed by atoms with E-state index in [0.29, 0.717) is 6.61 Å². The van der Waals surface area contributed by atoms with Gasteiger partial charge < -0.3 is 14.6 Å². The highest BCUT2D eigenvalue weighted by molar-refractivity contribution is 6.22. The molecule has 32 heavy (non-hydrogen) atoms. The van der Waals surface area contributed by atoms with Crippen LogP contribution in [0.25, 0.3) is 0 Å². The summed E-state index contributed by atoms with van der Waals surface area (Å²) in [4.78, 5) is 38.6. The summed E-state index contributed by atoms with van der Waals surface area (Å²) in [6.45, 7) is -0.170. The molecule has 2 amide bonds. The molecule has 3 aromatic rings. The molecule has 162 valence electrons. The van der Waals surface area contributed by atoms with E-state index in [-0.39, 0.29) is 23.5 Å². The van der Waals surface area contributed by atoms with Crippen molar-refractivity contribution in [2.45, 2.75) is 12.6 Å². The van der Waals surface area contributed by atoms with E-state index in [0.717, 1.165) is 11.1 Å². The van der Waals surface area contributed by atoms with Gasteiger partial charge in [0.25, 0.3) is 11.8 Å². The van der Waals surface area contributed by atoms with Crippen molar-refractivity contribution < 1.29 is 29.0 Å². The third-order valence-electron chi connectivity index (χ3n) is 5.14. The summed E-state index contributed by atoms with van der Waals surface area (Å²) in [7, 11) is 0. The van der Waals surface area contributed by atoms with Gasteiger partial charge in [-0.15, -0.1) is 0 Å². The van der Waals surface area contributed by atoms with E-state index in [1.807, 2.05) is 60.7 Å². The summed E-state index contributed by atoms with van der Waals surface area (Å²) in [5.74, 6) is -2.11. The molecule has 1 aliphatic rings. The number of nitrogens with zero attached hydrogens (tertiary/aromatic N) is 1. The van der Waals surface area contributed by atoms with Crippen molar-refractivity contribution in [3.63, 3.8) is 0 Å². The van der Waals surface area contributed by atoms with Crippen LogP contribution in [0, 0.1) is 0 Å². The molecule has 0 spiro atoms. The fraction of sp³-hybridized carbons (Fsp3) is 0.160. The van der Waals surface area contributed by atoms with Crippen LogP contribution in [-0.4, -0.2) is 41.0 Å². The number of ether oxygens (including phenoxy) is 2. The second-order valence-electron chi connectivity index (χ2n) is 7.27. The van der Waals surface area contributed by atoms with Crippen molar-refractivity contribution in [2.75, 3.05) is 13.2 Å². The van der Waals surface area contributed by atoms with Gasteiger partial charge in [-0.2, -0.15) is 0 Å². The van der Waals surface area contributed by atoms with E-state index in [1.165, 1.54) is 17.0 Å². The van der Waals surface area contributed by atoms with Crippen LogP contribution < -0.4 is 4.74 Å². The number of carbonyl (C=O) groups is 3. The molecule has 0 saturated carbocycles. The van der Waals surface area contributed by atoms with Crippen molar-refractivity contribution in [2.24, 2.45) is 0 Å². The van der Waals surface area contributed by atoms with Crippen molar-refractivity contribution in [1.29, 1.82) is 0 Å². The predicted molar refractivity (Wildman–Crippen MR) is 115 cm³/mol.